The first kappa shape index (κ1) is 11.9. The Bertz CT molecular complexity index is 528. The number of alkyl halides is 1. The fraction of sp³-hybridized carbons (Fsp3) is 0.231. The molecule has 0 radical (unpaired) electrons. The summed E-state index contributed by atoms with van der Waals surface area (Å²) in [5.74, 6) is -0.115. The fourth-order valence-electron chi connectivity index (χ4n) is 1.67. The monoisotopic (exact) mass is 248 g/mol. The Morgan fingerprint density at radius 3 is 3.06 bits per heavy atom. The third kappa shape index (κ3) is 3.17. The minimum Gasteiger partial charge on any atom is -0.355 e. The molecule has 0 saturated carbocycles. The lowest BCUT2D eigenvalue weighted by molar-refractivity contribution is -0.118. The summed E-state index contributed by atoms with van der Waals surface area (Å²) in [6.07, 6.45) is 2.58. The normalized spacial score (nSPS) is 10.4. The molecule has 4 heteroatoms. The first-order valence-corrected chi connectivity index (χ1v) is 5.99. The van der Waals surface area contributed by atoms with Crippen LogP contribution >= 0.6 is 11.6 Å². The predicted molar refractivity (Wildman–Crippen MR) is 69.2 cm³/mol. The maximum absolute atomic E-state index is 11.0. The molecular weight excluding hydrogens is 236 g/mol. The maximum Gasteiger partial charge on any atom is 0.234 e. The summed E-state index contributed by atoms with van der Waals surface area (Å²) in [5, 5.41) is 3.86. The molecule has 1 heterocycles. The van der Waals surface area contributed by atoms with E-state index < -0.39 is 0 Å². The van der Waals surface area contributed by atoms with E-state index >= 15 is 0 Å². The molecule has 0 bridgehead atoms. The van der Waals surface area contributed by atoms with Gasteiger partial charge in [-0.3, -0.25) is 9.78 Å². The van der Waals surface area contributed by atoms with Crippen LogP contribution in [0.4, 0.5) is 0 Å². The van der Waals surface area contributed by atoms with E-state index in [4.69, 9.17) is 11.6 Å². The number of nitrogens with one attached hydrogen (secondary N) is 1. The van der Waals surface area contributed by atoms with Gasteiger partial charge in [0.2, 0.25) is 5.91 Å². The van der Waals surface area contributed by atoms with Crippen molar-refractivity contribution in [2.75, 3.05) is 12.4 Å². The van der Waals surface area contributed by atoms with Gasteiger partial charge in [0.1, 0.15) is 5.88 Å². The van der Waals surface area contributed by atoms with Gasteiger partial charge in [0, 0.05) is 18.1 Å². The van der Waals surface area contributed by atoms with E-state index in [9.17, 15) is 4.79 Å². The van der Waals surface area contributed by atoms with Crippen molar-refractivity contribution in [2.24, 2.45) is 0 Å². The number of aromatic nitrogens is 1. The Morgan fingerprint density at radius 1 is 1.35 bits per heavy atom. The molecule has 17 heavy (non-hydrogen) atoms. The van der Waals surface area contributed by atoms with Crippen molar-refractivity contribution >= 4 is 28.4 Å². The van der Waals surface area contributed by atoms with Crippen molar-refractivity contribution < 1.29 is 4.79 Å². The van der Waals surface area contributed by atoms with E-state index in [2.05, 4.69) is 16.4 Å². The zero-order valence-corrected chi connectivity index (χ0v) is 10.1. The lowest BCUT2D eigenvalue weighted by Gasteiger charge is -2.04. The molecule has 88 valence electrons. The van der Waals surface area contributed by atoms with Crippen molar-refractivity contribution in [3.63, 3.8) is 0 Å². The van der Waals surface area contributed by atoms with E-state index in [0.717, 1.165) is 17.3 Å². The average Bonchev–Trinajstić information content (AvgIpc) is 2.38. The first-order valence-electron chi connectivity index (χ1n) is 5.46. The molecule has 0 spiro atoms. The number of amides is 1. The highest BCUT2D eigenvalue weighted by Gasteiger charge is 1.99. The second-order valence-corrected chi connectivity index (χ2v) is 4.03. The Balaban J connectivity index is 2.02. The molecule has 3 nitrogen and oxygen atoms in total. The summed E-state index contributed by atoms with van der Waals surface area (Å²) in [6.45, 7) is 0.608. The lowest BCUT2D eigenvalue weighted by atomic mass is 10.1. The minimum absolute atomic E-state index is 0.0155. The van der Waals surface area contributed by atoms with Crippen LogP contribution in [-0.4, -0.2) is 23.3 Å². The summed E-state index contributed by atoms with van der Waals surface area (Å²) < 4.78 is 0. The second-order valence-electron chi connectivity index (χ2n) is 3.76. The number of carbonyl (C=O) groups is 1. The van der Waals surface area contributed by atoms with Crippen molar-refractivity contribution in [2.45, 2.75) is 6.42 Å². The predicted octanol–water partition coefficient (Wildman–Crippen LogP) is 2.13. The van der Waals surface area contributed by atoms with Crippen LogP contribution in [0, 0.1) is 0 Å². The molecule has 0 unspecified atom stereocenters. The van der Waals surface area contributed by atoms with Crippen LogP contribution in [-0.2, 0) is 11.2 Å². The number of halogens is 1. The molecule has 1 aromatic carbocycles. The molecule has 1 N–H and O–H groups in total. The number of fused-ring (bicyclic) bond motifs is 1. The molecular formula is C13H13ClN2O. The fourth-order valence-corrected chi connectivity index (χ4v) is 1.77. The Hall–Kier alpha value is -1.61. The quantitative estimate of drug-likeness (QED) is 0.843. The van der Waals surface area contributed by atoms with Gasteiger partial charge in [0.15, 0.2) is 0 Å². The van der Waals surface area contributed by atoms with Crippen molar-refractivity contribution in [1.29, 1.82) is 0 Å². The van der Waals surface area contributed by atoms with E-state index in [0.29, 0.717) is 6.54 Å². The molecule has 0 aliphatic rings. The van der Waals surface area contributed by atoms with E-state index in [1.807, 2.05) is 24.3 Å². The summed E-state index contributed by atoms with van der Waals surface area (Å²) >= 11 is 5.39. The largest absolute Gasteiger partial charge is 0.355 e. The zero-order valence-electron chi connectivity index (χ0n) is 9.32. The molecule has 2 aromatic rings. The summed E-state index contributed by atoms with van der Waals surface area (Å²) in [4.78, 5) is 15.2. The van der Waals surface area contributed by atoms with Gasteiger partial charge in [-0.15, -0.1) is 11.6 Å². The van der Waals surface area contributed by atoms with Crippen LogP contribution in [0.1, 0.15) is 5.56 Å². The molecule has 1 aromatic heterocycles. The highest BCUT2D eigenvalue weighted by atomic mass is 35.5. The number of rotatable bonds is 4. The molecule has 0 saturated heterocycles. The van der Waals surface area contributed by atoms with Gasteiger partial charge in [-0.05, 0) is 30.2 Å². The molecule has 0 aliphatic carbocycles. The van der Waals surface area contributed by atoms with Crippen LogP contribution in [0.5, 0.6) is 0 Å². The Labute approximate surface area is 105 Å². The summed E-state index contributed by atoms with van der Waals surface area (Å²) in [6, 6.07) is 10.1. The van der Waals surface area contributed by atoms with Gasteiger partial charge in [-0.1, -0.05) is 12.1 Å². The van der Waals surface area contributed by atoms with Crippen molar-refractivity contribution in [1.82, 2.24) is 10.3 Å². The topological polar surface area (TPSA) is 42.0 Å². The highest BCUT2D eigenvalue weighted by molar-refractivity contribution is 6.27. The molecule has 1 amide bonds. The Kier molecular flexibility index (Phi) is 3.94. The van der Waals surface area contributed by atoms with E-state index in [1.165, 1.54) is 5.56 Å². The molecule has 2 rings (SSSR count). The molecule has 0 aliphatic heterocycles. The smallest absolute Gasteiger partial charge is 0.234 e. The van der Waals surface area contributed by atoms with Gasteiger partial charge < -0.3 is 5.32 Å². The number of hydrogen-bond acceptors (Lipinski definition) is 2. The SMILES string of the molecule is O=C(CCl)NCCc1ccc2ncccc2c1. The first-order chi connectivity index (χ1) is 8.29. The molecule has 0 fully saturated rings. The Morgan fingerprint density at radius 2 is 2.24 bits per heavy atom. The van der Waals surface area contributed by atoms with E-state index in [-0.39, 0.29) is 11.8 Å². The van der Waals surface area contributed by atoms with Gasteiger partial charge >= 0.3 is 0 Å². The van der Waals surface area contributed by atoms with Crippen LogP contribution in [0.3, 0.4) is 0 Å². The van der Waals surface area contributed by atoms with Gasteiger partial charge in [-0.2, -0.15) is 0 Å². The number of carbonyl (C=O) groups excluding carboxylic acids is 1. The van der Waals surface area contributed by atoms with Gasteiger partial charge in [0.05, 0.1) is 5.52 Å². The number of hydrogen-bond donors (Lipinski definition) is 1. The van der Waals surface area contributed by atoms with Crippen molar-refractivity contribution in [3.05, 3.63) is 42.1 Å². The van der Waals surface area contributed by atoms with Gasteiger partial charge in [-0.25, -0.2) is 0 Å². The van der Waals surface area contributed by atoms with Gasteiger partial charge in [0.25, 0.3) is 0 Å². The number of nitrogens with zero attached hydrogens (tertiary/aromatic N) is 1. The third-order valence-corrected chi connectivity index (χ3v) is 2.77. The minimum atomic E-state index is -0.130. The standard InChI is InChI=1S/C13H13ClN2O/c14-9-13(17)16-7-5-10-3-4-12-11(8-10)2-1-6-15-12/h1-4,6,8H,5,7,9H2,(H,16,17). The van der Waals surface area contributed by atoms with Crippen molar-refractivity contribution in [3.8, 4) is 0 Å². The molecule has 0 atom stereocenters. The zero-order chi connectivity index (χ0) is 12.1. The summed E-state index contributed by atoms with van der Waals surface area (Å²) in [5.41, 5.74) is 2.17. The van der Waals surface area contributed by atoms with E-state index in [1.54, 1.807) is 6.20 Å². The van der Waals surface area contributed by atoms with Crippen LogP contribution in [0.15, 0.2) is 36.5 Å². The lowest BCUT2D eigenvalue weighted by Crippen LogP contribution is -2.26. The van der Waals surface area contributed by atoms with Crippen LogP contribution in [0.2, 0.25) is 0 Å². The second kappa shape index (κ2) is 5.64. The van der Waals surface area contributed by atoms with Crippen LogP contribution < -0.4 is 5.32 Å². The highest BCUT2D eigenvalue weighted by Crippen LogP contribution is 2.13. The third-order valence-electron chi connectivity index (χ3n) is 2.52. The van der Waals surface area contributed by atoms with Crippen LogP contribution in [0.25, 0.3) is 10.9 Å². The summed E-state index contributed by atoms with van der Waals surface area (Å²) in [7, 11) is 0. The maximum atomic E-state index is 11.0. The number of benzene rings is 1. The number of pyridine rings is 1. The average molecular weight is 249 g/mol.